The van der Waals surface area contributed by atoms with Crippen LogP contribution >= 0.6 is 0 Å². The Hall–Kier alpha value is -3.44. The highest BCUT2D eigenvalue weighted by Gasteiger charge is 2.38. The molecule has 1 saturated heterocycles. The summed E-state index contributed by atoms with van der Waals surface area (Å²) in [6.45, 7) is -0.0756. The molecular weight excluding hydrogens is 429 g/mol. The van der Waals surface area contributed by atoms with Gasteiger partial charge in [0.2, 0.25) is 5.91 Å². The van der Waals surface area contributed by atoms with Crippen LogP contribution < -0.4 is 10.1 Å². The van der Waals surface area contributed by atoms with Crippen molar-refractivity contribution >= 4 is 12.0 Å². The van der Waals surface area contributed by atoms with Gasteiger partial charge in [0.1, 0.15) is 17.6 Å². The van der Waals surface area contributed by atoms with Gasteiger partial charge in [0, 0.05) is 19.2 Å². The zero-order valence-corrected chi connectivity index (χ0v) is 15.7. The van der Waals surface area contributed by atoms with Gasteiger partial charge in [0.05, 0.1) is 6.04 Å². The fraction of sp³-hybridized carbons (Fsp3) is 0.316. The van der Waals surface area contributed by atoms with E-state index >= 15 is 0 Å². The van der Waals surface area contributed by atoms with Gasteiger partial charge < -0.3 is 15.2 Å². The second-order valence-corrected chi connectivity index (χ2v) is 6.70. The Kier molecular flexibility index (Phi) is 6.27. The van der Waals surface area contributed by atoms with Gasteiger partial charge in [-0.3, -0.25) is 14.7 Å². The zero-order valence-electron chi connectivity index (χ0n) is 15.7. The molecule has 1 fully saturated rings. The largest absolute Gasteiger partial charge is 0.573 e. The Morgan fingerprint density at radius 1 is 1.26 bits per heavy atom. The molecule has 12 heteroatoms. The second kappa shape index (κ2) is 8.74. The first-order valence-electron chi connectivity index (χ1n) is 9.00. The van der Waals surface area contributed by atoms with Crippen LogP contribution in [-0.4, -0.2) is 45.9 Å². The molecule has 1 aliphatic rings. The monoisotopic (exact) mass is 445 g/mol. The number of carbonyl (C=O) groups is 2. The molecule has 2 aromatic rings. The third-order valence-electron chi connectivity index (χ3n) is 4.68. The van der Waals surface area contributed by atoms with Crippen LogP contribution in [0.2, 0.25) is 0 Å². The smallest absolute Gasteiger partial charge is 0.465 e. The molecule has 1 aliphatic heterocycles. The number of rotatable bonds is 5. The first kappa shape index (κ1) is 22.2. The van der Waals surface area contributed by atoms with Gasteiger partial charge in [-0.05, 0) is 36.2 Å². The van der Waals surface area contributed by atoms with Crippen LogP contribution in [0, 0.1) is 11.6 Å². The summed E-state index contributed by atoms with van der Waals surface area (Å²) in [5.41, 5.74) is -0.533. The number of ether oxygens (including phenoxy) is 1. The minimum atomic E-state index is -5.14. The summed E-state index contributed by atoms with van der Waals surface area (Å²) in [4.78, 5) is 28.3. The van der Waals surface area contributed by atoms with Crippen LogP contribution in [0.25, 0.3) is 0 Å². The number of hydrogen-bond donors (Lipinski definition) is 2. The average molecular weight is 445 g/mol. The SMILES string of the molecule is O=C1CCC(N(C(=O)O)C(c2ccc(OC(F)(F)F)c(F)c2)c2ncccc2F)CN1. The highest BCUT2D eigenvalue weighted by atomic mass is 19.4. The summed E-state index contributed by atoms with van der Waals surface area (Å²) >= 11 is 0. The van der Waals surface area contributed by atoms with E-state index in [2.05, 4.69) is 15.0 Å². The number of aromatic nitrogens is 1. The van der Waals surface area contributed by atoms with E-state index in [1.165, 1.54) is 12.3 Å². The van der Waals surface area contributed by atoms with Crippen molar-refractivity contribution in [3.05, 3.63) is 59.4 Å². The molecule has 2 unspecified atom stereocenters. The summed E-state index contributed by atoms with van der Waals surface area (Å²) < 4.78 is 69.8. The number of alkyl halides is 3. The van der Waals surface area contributed by atoms with Crippen molar-refractivity contribution in [1.29, 1.82) is 0 Å². The van der Waals surface area contributed by atoms with Crippen LogP contribution in [0.1, 0.15) is 30.1 Å². The van der Waals surface area contributed by atoms with Crippen LogP contribution in [-0.2, 0) is 4.79 Å². The van der Waals surface area contributed by atoms with E-state index in [0.29, 0.717) is 12.1 Å². The maximum atomic E-state index is 14.6. The number of pyridine rings is 1. The molecule has 1 aromatic heterocycles. The van der Waals surface area contributed by atoms with Crippen molar-refractivity contribution < 1.29 is 41.4 Å². The van der Waals surface area contributed by atoms with Gasteiger partial charge in [-0.1, -0.05) is 6.07 Å². The molecule has 3 rings (SSSR count). The molecule has 2 heterocycles. The summed E-state index contributed by atoms with van der Waals surface area (Å²) in [6, 6.07) is 2.30. The number of nitrogens with zero attached hydrogens (tertiary/aromatic N) is 2. The fourth-order valence-electron chi connectivity index (χ4n) is 3.38. The molecule has 0 radical (unpaired) electrons. The molecule has 0 spiro atoms. The van der Waals surface area contributed by atoms with Crippen molar-refractivity contribution in [2.75, 3.05) is 6.54 Å². The van der Waals surface area contributed by atoms with E-state index in [1.54, 1.807) is 0 Å². The van der Waals surface area contributed by atoms with Crippen molar-refractivity contribution in [2.24, 2.45) is 0 Å². The first-order chi connectivity index (χ1) is 14.6. The number of carboxylic acid groups (broad SMARTS) is 1. The molecule has 0 bridgehead atoms. The van der Waals surface area contributed by atoms with E-state index in [9.17, 15) is 36.6 Å². The lowest BCUT2D eigenvalue weighted by molar-refractivity contribution is -0.275. The minimum Gasteiger partial charge on any atom is -0.465 e. The van der Waals surface area contributed by atoms with Crippen molar-refractivity contribution in [1.82, 2.24) is 15.2 Å². The maximum Gasteiger partial charge on any atom is 0.573 e. The van der Waals surface area contributed by atoms with Crippen molar-refractivity contribution in [3.8, 4) is 5.75 Å². The lowest BCUT2D eigenvalue weighted by Gasteiger charge is -2.38. The third-order valence-corrected chi connectivity index (χ3v) is 4.68. The van der Waals surface area contributed by atoms with Gasteiger partial charge in [-0.2, -0.15) is 0 Å². The molecule has 0 aliphatic carbocycles. The van der Waals surface area contributed by atoms with Gasteiger partial charge in [-0.25, -0.2) is 13.6 Å². The number of halogens is 5. The summed E-state index contributed by atoms with van der Waals surface area (Å²) in [5.74, 6) is -3.72. The molecule has 2 N–H and O–H groups in total. The Labute approximate surface area is 172 Å². The number of benzene rings is 1. The van der Waals surface area contributed by atoms with Gasteiger partial charge >= 0.3 is 12.5 Å². The van der Waals surface area contributed by atoms with Crippen molar-refractivity contribution in [3.63, 3.8) is 0 Å². The third kappa shape index (κ3) is 5.19. The number of amides is 2. The predicted octanol–water partition coefficient (Wildman–Crippen LogP) is 3.61. The molecule has 31 heavy (non-hydrogen) atoms. The van der Waals surface area contributed by atoms with Gasteiger partial charge in [-0.15, -0.1) is 13.2 Å². The second-order valence-electron chi connectivity index (χ2n) is 6.70. The number of carbonyl (C=O) groups excluding carboxylic acids is 1. The minimum absolute atomic E-state index is 0.0125. The van der Waals surface area contributed by atoms with Crippen LogP contribution in [0.5, 0.6) is 5.75 Å². The first-order valence-corrected chi connectivity index (χ1v) is 9.00. The Bertz CT molecular complexity index is 975. The fourth-order valence-corrected chi connectivity index (χ4v) is 3.38. The average Bonchev–Trinajstić information content (AvgIpc) is 2.68. The number of hydrogen-bond acceptors (Lipinski definition) is 4. The molecule has 166 valence electrons. The van der Waals surface area contributed by atoms with Gasteiger partial charge in [0.25, 0.3) is 0 Å². The number of piperidine rings is 1. The zero-order chi connectivity index (χ0) is 22.8. The Morgan fingerprint density at radius 2 is 2.00 bits per heavy atom. The van der Waals surface area contributed by atoms with E-state index in [4.69, 9.17) is 0 Å². The highest BCUT2D eigenvalue weighted by Crippen LogP contribution is 2.35. The predicted molar refractivity (Wildman–Crippen MR) is 95.0 cm³/mol. The van der Waals surface area contributed by atoms with E-state index in [-0.39, 0.29) is 36.6 Å². The Morgan fingerprint density at radius 3 is 2.55 bits per heavy atom. The quantitative estimate of drug-likeness (QED) is 0.687. The summed E-state index contributed by atoms with van der Waals surface area (Å²) in [7, 11) is 0. The Balaban J connectivity index is 2.08. The lowest BCUT2D eigenvalue weighted by Crippen LogP contribution is -2.51. The van der Waals surface area contributed by atoms with E-state index in [0.717, 1.165) is 17.0 Å². The normalized spacial score (nSPS) is 17.6. The van der Waals surface area contributed by atoms with Crippen LogP contribution in [0.15, 0.2) is 36.5 Å². The van der Waals surface area contributed by atoms with E-state index < -0.39 is 41.9 Å². The summed E-state index contributed by atoms with van der Waals surface area (Å²) in [5, 5.41) is 12.4. The topological polar surface area (TPSA) is 91.8 Å². The maximum absolute atomic E-state index is 14.6. The van der Waals surface area contributed by atoms with Gasteiger partial charge in [0.15, 0.2) is 11.6 Å². The molecule has 2 atom stereocenters. The highest BCUT2D eigenvalue weighted by molar-refractivity contribution is 5.77. The molecule has 7 nitrogen and oxygen atoms in total. The lowest BCUT2D eigenvalue weighted by atomic mass is 9.96. The van der Waals surface area contributed by atoms with Crippen LogP contribution in [0.4, 0.5) is 26.7 Å². The number of nitrogens with one attached hydrogen (secondary N) is 1. The van der Waals surface area contributed by atoms with Crippen molar-refractivity contribution in [2.45, 2.75) is 31.3 Å². The van der Waals surface area contributed by atoms with Crippen LogP contribution in [0.3, 0.4) is 0 Å². The molecular formula is C19H16F5N3O4. The molecule has 1 aromatic carbocycles. The standard InChI is InChI=1S/C19H16F5N3O4/c20-12-2-1-7-25-16(12)17(27(18(29)30)11-4-6-15(28)26-9-11)10-3-5-14(13(21)8-10)31-19(22,23)24/h1-3,5,7-8,11,17H,4,6,9H2,(H,26,28)(H,29,30). The van der Waals surface area contributed by atoms with E-state index in [1.807, 2.05) is 0 Å². The molecule has 2 amide bonds. The summed E-state index contributed by atoms with van der Waals surface area (Å²) in [6.07, 6.45) is -5.32. The molecule has 0 saturated carbocycles.